The van der Waals surface area contributed by atoms with E-state index in [9.17, 15) is 14.7 Å². The molecule has 28 heavy (non-hydrogen) atoms. The molecule has 0 spiro atoms. The van der Waals surface area contributed by atoms with Gasteiger partial charge in [-0.3, -0.25) is 4.79 Å². The first-order chi connectivity index (χ1) is 13.2. The molecule has 0 aliphatic carbocycles. The molecular weight excluding hydrogens is 382 g/mol. The molecule has 0 radical (unpaired) electrons. The number of esters is 1. The van der Waals surface area contributed by atoms with Crippen LogP contribution in [0.4, 0.5) is 5.69 Å². The van der Waals surface area contributed by atoms with Gasteiger partial charge in [-0.25, -0.2) is 4.79 Å². The lowest BCUT2D eigenvalue weighted by Gasteiger charge is -2.25. The van der Waals surface area contributed by atoms with Gasteiger partial charge < -0.3 is 15.2 Å². The monoisotopic (exact) mass is 407 g/mol. The number of hydrogen-bond donors (Lipinski definition) is 2. The van der Waals surface area contributed by atoms with Crippen LogP contribution < -0.4 is 10.9 Å². The summed E-state index contributed by atoms with van der Waals surface area (Å²) in [6.45, 7) is 6.15. The number of anilines is 1. The van der Waals surface area contributed by atoms with Gasteiger partial charge in [-0.15, -0.1) is 0 Å². The molecule has 0 aliphatic rings. The molecule has 1 heterocycles. The average molecular weight is 408 g/mol. The van der Waals surface area contributed by atoms with Crippen LogP contribution in [0.25, 0.3) is 5.69 Å². The zero-order chi connectivity index (χ0) is 20.9. The minimum absolute atomic E-state index is 0.0747. The van der Waals surface area contributed by atoms with Crippen LogP contribution in [0.5, 0.6) is 0 Å². The highest BCUT2D eigenvalue weighted by Gasteiger charge is 2.22. The van der Waals surface area contributed by atoms with Crippen LogP contribution in [0, 0.1) is 5.92 Å². The fourth-order valence-electron chi connectivity index (χ4n) is 2.64. The SMILES string of the molecule is COC(=O)c1ccccc1-n1ncc(NCC(C)(O)CCC(C)C)c(Cl)c1=O. The Labute approximate surface area is 169 Å². The van der Waals surface area contributed by atoms with E-state index in [-0.39, 0.29) is 22.8 Å². The Kier molecular flexibility index (Phi) is 7.21. The maximum atomic E-state index is 12.7. The smallest absolute Gasteiger partial charge is 0.340 e. The second-order valence-corrected chi connectivity index (χ2v) is 7.76. The maximum Gasteiger partial charge on any atom is 0.340 e. The lowest BCUT2D eigenvalue weighted by molar-refractivity contribution is 0.0583. The van der Waals surface area contributed by atoms with Gasteiger partial charge >= 0.3 is 5.97 Å². The molecule has 0 saturated carbocycles. The molecule has 0 amide bonds. The Hall–Kier alpha value is -2.38. The van der Waals surface area contributed by atoms with Gasteiger partial charge in [-0.05, 0) is 37.8 Å². The predicted molar refractivity (Wildman–Crippen MR) is 109 cm³/mol. The summed E-state index contributed by atoms with van der Waals surface area (Å²) in [6, 6.07) is 6.47. The van der Waals surface area contributed by atoms with E-state index in [0.717, 1.165) is 11.1 Å². The van der Waals surface area contributed by atoms with Gasteiger partial charge in [0.25, 0.3) is 5.56 Å². The molecule has 1 aromatic carbocycles. The van der Waals surface area contributed by atoms with Gasteiger partial charge in [0, 0.05) is 6.54 Å². The van der Waals surface area contributed by atoms with Crippen molar-refractivity contribution in [3.05, 3.63) is 51.4 Å². The summed E-state index contributed by atoms with van der Waals surface area (Å²) in [5, 5.41) is 17.5. The van der Waals surface area contributed by atoms with Gasteiger partial charge in [-0.1, -0.05) is 37.6 Å². The van der Waals surface area contributed by atoms with Crippen molar-refractivity contribution in [2.45, 2.75) is 39.2 Å². The highest BCUT2D eigenvalue weighted by molar-refractivity contribution is 6.33. The van der Waals surface area contributed by atoms with Crippen LogP contribution in [-0.4, -0.2) is 40.1 Å². The average Bonchev–Trinajstić information content (AvgIpc) is 2.67. The molecule has 2 aromatic rings. The third kappa shape index (κ3) is 5.33. The third-order valence-electron chi connectivity index (χ3n) is 4.38. The third-order valence-corrected chi connectivity index (χ3v) is 4.74. The zero-order valence-corrected chi connectivity index (χ0v) is 17.3. The van der Waals surface area contributed by atoms with E-state index in [1.165, 1.54) is 13.3 Å². The van der Waals surface area contributed by atoms with E-state index in [2.05, 4.69) is 24.3 Å². The maximum absolute atomic E-state index is 12.7. The predicted octanol–water partition coefficient (Wildman–Crippen LogP) is 3.27. The highest BCUT2D eigenvalue weighted by Crippen LogP contribution is 2.21. The van der Waals surface area contributed by atoms with E-state index >= 15 is 0 Å². The second kappa shape index (κ2) is 9.21. The number of methoxy groups -OCH3 is 1. The summed E-state index contributed by atoms with van der Waals surface area (Å²) < 4.78 is 5.81. The van der Waals surface area contributed by atoms with Crippen LogP contribution in [0.3, 0.4) is 0 Å². The largest absolute Gasteiger partial charge is 0.465 e. The van der Waals surface area contributed by atoms with E-state index in [0.29, 0.717) is 18.0 Å². The fourth-order valence-corrected chi connectivity index (χ4v) is 2.84. The number of ether oxygens (including phenoxy) is 1. The summed E-state index contributed by atoms with van der Waals surface area (Å²) in [4.78, 5) is 24.7. The lowest BCUT2D eigenvalue weighted by Crippen LogP contribution is -2.34. The molecule has 0 saturated heterocycles. The standard InChI is InChI=1S/C20H26ClN3O4/c1-13(2)9-10-20(3,27)12-22-15-11-23-24(18(25)17(15)21)16-8-6-5-7-14(16)19(26)28-4/h5-8,11,13,22,27H,9-10,12H2,1-4H3. The second-order valence-electron chi connectivity index (χ2n) is 7.38. The van der Waals surface area contributed by atoms with Crippen LogP contribution in [0.2, 0.25) is 5.02 Å². The molecule has 1 aromatic heterocycles. The number of benzene rings is 1. The number of carbonyl (C=O) groups excluding carboxylic acids is 1. The lowest BCUT2D eigenvalue weighted by atomic mass is 9.95. The number of carbonyl (C=O) groups is 1. The molecule has 1 atom stereocenters. The number of aromatic nitrogens is 2. The number of hydrogen-bond acceptors (Lipinski definition) is 6. The first kappa shape index (κ1) is 21.9. The Morgan fingerprint density at radius 2 is 2.07 bits per heavy atom. The van der Waals surface area contributed by atoms with E-state index in [4.69, 9.17) is 16.3 Å². The first-order valence-electron chi connectivity index (χ1n) is 9.08. The molecule has 0 bridgehead atoms. The van der Waals surface area contributed by atoms with Gasteiger partial charge in [-0.2, -0.15) is 9.78 Å². The Balaban J connectivity index is 2.27. The minimum Gasteiger partial charge on any atom is -0.465 e. The summed E-state index contributed by atoms with van der Waals surface area (Å²) in [6.07, 6.45) is 2.90. The summed E-state index contributed by atoms with van der Waals surface area (Å²) >= 11 is 6.24. The number of rotatable bonds is 8. The number of nitrogens with one attached hydrogen (secondary N) is 1. The van der Waals surface area contributed by atoms with Crippen LogP contribution in [0.15, 0.2) is 35.3 Å². The van der Waals surface area contributed by atoms with Gasteiger partial charge in [0.15, 0.2) is 0 Å². The number of aliphatic hydroxyl groups is 1. The Bertz CT molecular complexity index is 893. The van der Waals surface area contributed by atoms with Gasteiger partial charge in [0.1, 0.15) is 5.02 Å². The zero-order valence-electron chi connectivity index (χ0n) is 16.5. The molecule has 2 rings (SSSR count). The fraction of sp³-hybridized carbons (Fsp3) is 0.450. The summed E-state index contributed by atoms with van der Waals surface area (Å²) in [5.41, 5.74) is -0.724. The van der Waals surface area contributed by atoms with E-state index in [1.54, 1.807) is 31.2 Å². The van der Waals surface area contributed by atoms with Gasteiger partial charge in [0.05, 0.1) is 35.8 Å². The van der Waals surface area contributed by atoms with Crippen molar-refractivity contribution >= 4 is 23.3 Å². The van der Waals surface area contributed by atoms with Crippen molar-refractivity contribution in [1.82, 2.24) is 9.78 Å². The molecular formula is C20H26ClN3O4. The molecule has 1 unspecified atom stereocenters. The Morgan fingerprint density at radius 3 is 2.71 bits per heavy atom. The van der Waals surface area contributed by atoms with Crippen LogP contribution in [-0.2, 0) is 4.74 Å². The highest BCUT2D eigenvalue weighted by atomic mass is 35.5. The molecule has 2 N–H and O–H groups in total. The van der Waals surface area contributed by atoms with Crippen LogP contribution >= 0.6 is 11.6 Å². The quantitative estimate of drug-likeness (QED) is 0.652. The minimum atomic E-state index is -0.944. The molecule has 7 nitrogen and oxygen atoms in total. The molecule has 8 heteroatoms. The first-order valence-corrected chi connectivity index (χ1v) is 9.46. The molecule has 0 aliphatic heterocycles. The number of para-hydroxylation sites is 1. The summed E-state index contributed by atoms with van der Waals surface area (Å²) in [7, 11) is 1.26. The number of halogens is 1. The van der Waals surface area contributed by atoms with Crippen molar-refractivity contribution in [3.63, 3.8) is 0 Å². The van der Waals surface area contributed by atoms with Crippen molar-refractivity contribution in [3.8, 4) is 5.69 Å². The van der Waals surface area contributed by atoms with Crippen molar-refractivity contribution in [2.24, 2.45) is 5.92 Å². The molecule has 0 fully saturated rings. The van der Waals surface area contributed by atoms with Crippen molar-refractivity contribution < 1.29 is 14.6 Å². The van der Waals surface area contributed by atoms with Crippen LogP contribution in [0.1, 0.15) is 44.0 Å². The van der Waals surface area contributed by atoms with E-state index < -0.39 is 17.1 Å². The molecule has 152 valence electrons. The van der Waals surface area contributed by atoms with Crippen molar-refractivity contribution in [1.29, 1.82) is 0 Å². The van der Waals surface area contributed by atoms with E-state index in [1.807, 2.05) is 0 Å². The normalized spacial score (nSPS) is 13.2. The Morgan fingerprint density at radius 1 is 1.39 bits per heavy atom. The van der Waals surface area contributed by atoms with Gasteiger partial charge in [0.2, 0.25) is 0 Å². The van der Waals surface area contributed by atoms with Crippen molar-refractivity contribution in [2.75, 3.05) is 19.0 Å². The topological polar surface area (TPSA) is 93.5 Å². The number of nitrogens with zero attached hydrogens (tertiary/aromatic N) is 2. The summed E-state index contributed by atoms with van der Waals surface area (Å²) in [5.74, 6) is -0.0978.